The average Bonchev–Trinajstić information content (AvgIpc) is 2.44. The van der Waals surface area contributed by atoms with Crippen molar-refractivity contribution in [1.29, 1.82) is 0 Å². The fourth-order valence-corrected chi connectivity index (χ4v) is 3.28. The van der Waals surface area contributed by atoms with Gasteiger partial charge in [-0.1, -0.05) is 6.92 Å². The highest BCUT2D eigenvalue weighted by Crippen LogP contribution is 2.01. The van der Waals surface area contributed by atoms with Crippen LogP contribution in [0.5, 0.6) is 0 Å². The van der Waals surface area contributed by atoms with Gasteiger partial charge in [-0.15, -0.1) is 0 Å². The number of hydrogen-bond acceptors (Lipinski definition) is 7. The van der Waals surface area contributed by atoms with Crippen molar-refractivity contribution in [2.75, 3.05) is 45.0 Å². The van der Waals surface area contributed by atoms with Crippen molar-refractivity contribution in [3.8, 4) is 0 Å². The lowest BCUT2D eigenvalue weighted by molar-refractivity contribution is -0.0405. The van der Waals surface area contributed by atoms with Crippen LogP contribution in [0.15, 0.2) is 0 Å². The van der Waals surface area contributed by atoms with Crippen LogP contribution in [0.3, 0.4) is 0 Å². The molecule has 3 unspecified atom stereocenters. The largest absolute Gasteiger partial charge is 0.393 e. The Bertz CT molecular complexity index is 401. The molecule has 0 aliphatic rings. The zero-order valence-corrected chi connectivity index (χ0v) is 16.3. The second kappa shape index (κ2) is 13.0. The normalized spacial score (nSPS) is 16.3. The molecule has 8 heteroatoms. The van der Waals surface area contributed by atoms with E-state index in [-0.39, 0.29) is 37.1 Å². The number of nitrogens with zero attached hydrogens (tertiary/aromatic N) is 1. The highest BCUT2D eigenvalue weighted by Gasteiger charge is 2.13. The summed E-state index contributed by atoms with van der Waals surface area (Å²) in [6.45, 7) is 7.00. The van der Waals surface area contributed by atoms with Gasteiger partial charge in [0.25, 0.3) is 0 Å². The van der Waals surface area contributed by atoms with Crippen LogP contribution in [0, 0.1) is 0 Å². The number of likely N-dealkylation sites (N-methyl/N-ethyl adjacent to an activating group) is 1. The molecule has 0 fully saturated rings. The van der Waals surface area contributed by atoms with E-state index >= 15 is 0 Å². The molecule has 7 nitrogen and oxygen atoms in total. The quantitative estimate of drug-likeness (QED) is 0.437. The van der Waals surface area contributed by atoms with E-state index in [1.807, 2.05) is 18.9 Å². The molecule has 0 heterocycles. The number of ether oxygens (including phenoxy) is 2. The molecule has 0 aromatic carbocycles. The van der Waals surface area contributed by atoms with Gasteiger partial charge in [-0.25, -0.2) is 8.42 Å². The standard InChI is InChI=1S/C16H35NO6S/c1-5-9-24(20,21)13-22-11-15(3)23-12-16(19)10-17(4)8-6-7-14(2)18/h14-16,18-19H,5-13H2,1-4H3. The van der Waals surface area contributed by atoms with Gasteiger partial charge < -0.3 is 24.6 Å². The molecule has 2 N–H and O–H groups in total. The van der Waals surface area contributed by atoms with Crippen LogP contribution in [0.1, 0.15) is 40.0 Å². The number of aliphatic hydroxyl groups is 2. The first-order valence-electron chi connectivity index (χ1n) is 8.60. The van der Waals surface area contributed by atoms with Crippen molar-refractivity contribution in [2.45, 2.75) is 58.3 Å². The van der Waals surface area contributed by atoms with E-state index in [2.05, 4.69) is 0 Å². The highest BCUT2D eigenvalue weighted by atomic mass is 32.2. The topological polar surface area (TPSA) is 96.3 Å². The van der Waals surface area contributed by atoms with E-state index in [9.17, 15) is 18.6 Å². The summed E-state index contributed by atoms with van der Waals surface area (Å²) in [4.78, 5) is 1.99. The van der Waals surface area contributed by atoms with Gasteiger partial charge in [-0.2, -0.15) is 0 Å². The third-order valence-electron chi connectivity index (χ3n) is 3.39. The van der Waals surface area contributed by atoms with Gasteiger partial charge in [0.05, 0.1) is 37.3 Å². The summed E-state index contributed by atoms with van der Waals surface area (Å²) in [6, 6.07) is 0. The Morgan fingerprint density at radius 2 is 1.83 bits per heavy atom. The first-order chi connectivity index (χ1) is 11.2. The third kappa shape index (κ3) is 14.1. The Hall–Kier alpha value is -0.250. The molecule has 0 bridgehead atoms. The molecule has 0 aromatic rings. The Kier molecular flexibility index (Phi) is 12.9. The molecule has 0 aromatic heterocycles. The Morgan fingerprint density at radius 3 is 2.42 bits per heavy atom. The highest BCUT2D eigenvalue weighted by molar-refractivity contribution is 7.91. The average molecular weight is 370 g/mol. The van der Waals surface area contributed by atoms with E-state index in [1.165, 1.54) is 0 Å². The van der Waals surface area contributed by atoms with Gasteiger partial charge in [0, 0.05) is 6.54 Å². The molecular formula is C16H35NO6S. The second-order valence-corrected chi connectivity index (χ2v) is 8.62. The summed E-state index contributed by atoms with van der Waals surface area (Å²) in [5.74, 6) is -0.161. The molecule has 146 valence electrons. The van der Waals surface area contributed by atoms with Gasteiger partial charge in [0.1, 0.15) is 5.94 Å². The van der Waals surface area contributed by atoms with Gasteiger partial charge >= 0.3 is 0 Å². The zero-order valence-electron chi connectivity index (χ0n) is 15.5. The lowest BCUT2D eigenvalue weighted by Crippen LogP contribution is -2.34. The maximum atomic E-state index is 11.5. The lowest BCUT2D eigenvalue weighted by atomic mass is 10.2. The lowest BCUT2D eigenvalue weighted by Gasteiger charge is -2.22. The fraction of sp³-hybridized carbons (Fsp3) is 1.00. The summed E-state index contributed by atoms with van der Waals surface area (Å²) in [6.07, 6.45) is 0.998. The summed E-state index contributed by atoms with van der Waals surface area (Å²) >= 11 is 0. The van der Waals surface area contributed by atoms with Crippen LogP contribution in [0.2, 0.25) is 0 Å². The fourth-order valence-electron chi connectivity index (χ4n) is 2.19. The van der Waals surface area contributed by atoms with Gasteiger partial charge in [-0.05, 0) is 46.7 Å². The van der Waals surface area contributed by atoms with Crippen molar-refractivity contribution < 1.29 is 28.1 Å². The molecule has 0 rings (SSSR count). The molecule has 24 heavy (non-hydrogen) atoms. The number of hydrogen-bond donors (Lipinski definition) is 2. The van der Waals surface area contributed by atoms with Crippen molar-refractivity contribution in [3.63, 3.8) is 0 Å². The molecular weight excluding hydrogens is 334 g/mol. The molecule has 0 radical (unpaired) electrons. The minimum Gasteiger partial charge on any atom is -0.393 e. The Balaban J connectivity index is 3.79. The van der Waals surface area contributed by atoms with Crippen LogP contribution in [0.4, 0.5) is 0 Å². The van der Waals surface area contributed by atoms with E-state index in [1.54, 1.807) is 13.8 Å². The molecule has 0 aliphatic carbocycles. The summed E-state index contributed by atoms with van der Waals surface area (Å²) in [5.41, 5.74) is 0. The van der Waals surface area contributed by atoms with Crippen LogP contribution < -0.4 is 0 Å². The summed E-state index contributed by atoms with van der Waals surface area (Å²) in [7, 11) is -1.23. The number of aliphatic hydroxyl groups excluding tert-OH is 2. The maximum Gasteiger partial charge on any atom is 0.174 e. The molecule has 0 amide bonds. The molecule has 0 saturated carbocycles. The SMILES string of the molecule is CCCS(=O)(=O)COCC(C)OCC(O)CN(C)CCCC(C)O. The van der Waals surface area contributed by atoms with Crippen molar-refractivity contribution in [1.82, 2.24) is 4.90 Å². The van der Waals surface area contributed by atoms with Crippen LogP contribution in [-0.2, 0) is 19.3 Å². The van der Waals surface area contributed by atoms with Crippen LogP contribution in [-0.4, -0.2) is 86.9 Å². The monoisotopic (exact) mass is 369 g/mol. The first-order valence-corrected chi connectivity index (χ1v) is 10.4. The smallest absolute Gasteiger partial charge is 0.174 e. The Labute approximate surface area is 146 Å². The number of sulfone groups is 1. The minimum absolute atomic E-state index is 0.127. The van der Waals surface area contributed by atoms with Crippen LogP contribution in [0.25, 0.3) is 0 Å². The predicted molar refractivity (Wildman–Crippen MR) is 94.7 cm³/mol. The Morgan fingerprint density at radius 1 is 1.17 bits per heavy atom. The molecule has 0 aliphatic heterocycles. The number of rotatable bonds is 15. The molecule has 0 saturated heterocycles. The predicted octanol–water partition coefficient (Wildman–Crippen LogP) is 0.644. The van der Waals surface area contributed by atoms with Crippen molar-refractivity contribution in [2.24, 2.45) is 0 Å². The van der Waals surface area contributed by atoms with Gasteiger partial charge in [0.2, 0.25) is 0 Å². The van der Waals surface area contributed by atoms with E-state index < -0.39 is 15.9 Å². The molecule has 0 spiro atoms. The maximum absolute atomic E-state index is 11.5. The van der Waals surface area contributed by atoms with Gasteiger partial charge in [0.15, 0.2) is 9.84 Å². The van der Waals surface area contributed by atoms with Crippen molar-refractivity contribution >= 4 is 9.84 Å². The van der Waals surface area contributed by atoms with E-state index in [0.29, 0.717) is 13.0 Å². The zero-order chi connectivity index (χ0) is 18.6. The molecule has 3 atom stereocenters. The third-order valence-corrected chi connectivity index (χ3v) is 4.94. The van der Waals surface area contributed by atoms with Crippen molar-refractivity contribution in [3.05, 3.63) is 0 Å². The van der Waals surface area contributed by atoms with E-state index in [0.717, 1.165) is 19.4 Å². The second-order valence-electron chi connectivity index (χ2n) is 6.49. The first kappa shape index (κ1) is 23.8. The summed E-state index contributed by atoms with van der Waals surface area (Å²) < 4.78 is 33.7. The minimum atomic E-state index is -3.14. The summed E-state index contributed by atoms with van der Waals surface area (Å²) in [5, 5.41) is 19.2. The van der Waals surface area contributed by atoms with Crippen LogP contribution >= 0.6 is 0 Å². The van der Waals surface area contributed by atoms with E-state index in [4.69, 9.17) is 9.47 Å². The van der Waals surface area contributed by atoms with Gasteiger partial charge in [-0.3, -0.25) is 0 Å².